The van der Waals surface area contributed by atoms with Crippen molar-refractivity contribution in [2.45, 2.75) is 44.7 Å². The Hall–Kier alpha value is -2.21. The number of carbonyl (C=O) groups excluding carboxylic acids is 3. The van der Waals surface area contributed by atoms with Gasteiger partial charge in [0.15, 0.2) is 0 Å². The minimum atomic E-state index is -0.111. The average molecular weight is 355 g/mol. The SMILES string of the molecule is O=C(c1ccc(CN2C(=O)CCC2=O)cc1)N1CCC(N2CCCC2)C1. The molecule has 3 amide bonds. The highest BCUT2D eigenvalue weighted by Gasteiger charge is 2.32. The quantitative estimate of drug-likeness (QED) is 0.771. The summed E-state index contributed by atoms with van der Waals surface area (Å²) in [6, 6.07) is 7.82. The zero-order valence-corrected chi connectivity index (χ0v) is 15.0. The highest BCUT2D eigenvalue weighted by atomic mass is 16.2. The predicted molar refractivity (Wildman–Crippen MR) is 96.3 cm³/mol. The topological polar surface area (TPSA) is 60.9 Å². The fourth-order valence-electron chi connectivity index (χ4n) is 4.25. The van der Waals surface area contributed by atoms with Crippen molar-refractivity contribution in [3.63, 3.8) is 0 Å². The van der Waals surface area contributed by atoms with Crippen LogP contribution in [0.2, 0.25) is 0 Å². The van der Waals surface area contributed by atoms with Gasteiger partial charge in [0.2, 0.25) is 11.8 Å². The van der Waals surface area contributed by atoms with E-state index in [2.05, 4.69) is 4.90 Å². The third-order valence-electron chi connectivity index (χ3n) is 5.80. The van der Waals surface area contributed by atoms with Crippen molar-refractivity contribution >= 4 is 17.7 Å². The number of benzene rings is 1. The summed E-state index contributed by atoms with van der Waals surface area (Å²) in [6.45, 7) is 4.26. The number of hydrogen-bond acceptors (Lipinski definition) is 4. The highest BCUT2D eigenvalue weighted by Crippen LogP contribution is 2.22. The van der Waals surface area contributed by atoms with Gasteiger partial charge in [-0.3, -0.25) is 24.2 Å². The minimum Gasteiger partial charge on any atom is -0.337 e. The molecule has 3 fully saturated rings. The van der Waals surface area contributed by atoms with E-state index in [0.717, 1.165) is 38.2 Å². The first-order chi connectivity index (χ1) is 12.6. The largest absolute Gasteiger partial charge is 0.337 e. The number of likely N-dealkylation sites (tertiary alicyclic amines) is 3. The lowest BCUT2D eigenvalue weighted by Crippen LogP contribution is -2.37. The lowest BCUT2D eigenvalue weighted by Gasteiger charge is -2.23. The molecule has 6 nitrogen and oxygen atoms in total. The number of imide groups is 1. The standard InChI is InChI=1S/C20H25N3O3/c24-18-7-8-19(25)23(18)13-15-3-5-16(6-4-15)20(26)22-12-9-17(14-22)21-10-1-2-11-21/h3-6,17H,1-2,7-14H2. The second kappa shape index (κ2) is 7.19. The molecule has 0 radical (unpaired) electrons. The third-order valence-corrected chi connectivity index (χ3v) is 5.80. The summed E-state index contributed by atoms with van der Waals surface area (Å²) >= 11 is 0. The van der Waals surface area contributed by atoms with Crippen molar-refractivity contribution in [2.75, 3.05) is 26.2 Å². The monoisotopic (exact) mass is 355 g/mol. The average Bonchev–Trinajstić information content (AvgIpc) is 3.39. The van der Waals surface area contributed by atoms with E-state index in [1.165, 1.54) is 17.7 Å². The molecule has 0 aromatic heterocycles. The number of nitrogens with zero attached hydrogens (tertiary/aromatic N) is 3. The first kappa shape index (κ1) is 17.2. The van der Waals surface area contributed by atoms with Crippen LogP contribution >= 0.6 is 0 Å². The molecule has 1 unspecified atom stereocenters. The molecule has 3 saturated heterocycles. The molecule has 3 aliphatic rings. The number of rotatable bonds is 4. The normalized spacial score (nSPS) is 24.1. The van der Waals surface area contributed by atoms with E-state index < -0.39 is 0 Å². The van der Waals surface area contributed by atoms with E-state index in [0.29, 0.717) is 31.0 Å². The Bertz CT molecular complexity index is 694. The molecule has 1 aromatic rings. The van der Waals surface area contributed by atoms with Crippen LogP contribution in [0.4, 0.5) is 0 Å². The Kier molecular flexibility index (Phi) is 4.76. The van der Waals surface area contributed by atoms with Crippen LogP contribution in [0.15, 0.2) is 24.3 Å². The summed E-state index contributed by atoms with van der Waals surface area (Å²) in [7, 11) is 0. The van der Waals surface area contributed by atoms with Crippen molar-refractivity contribution in [2.24, 2.45) is 0 Å². The van der Waals surface area contributed by atoms with Crippen LogP contribution in [0.25, 0.3) is 0 Å². The molecule has 1 atom stereocenters. The van der Waals surface area contributed by atoms with Crippen LogP contribution in [0.5, 0.6) is 0 Å². The lowest BCUT2D eigenvalue weighted by molar-refractivity contribution is -0.139. The molecule has 0 aliphatic carbocycles. The molecule has 4 rings (SSSR count). The van der Waals surface area contributed by atoms with E-state index in [4.69, 9.17) is 0 Å². The van der Waals surface area contributed by atoms with Crippen LogP contribution in [0, 0.1) is 0 Å². The molecule has 6 heteroatoms. The molecule has 138 valence electrons. The molecular weight excluding hydrogens is 330 g/mol. The molecule has 0 N–H and O–H groups in total. The smallest absolute Gasteiger partial charge is 0.253 e. The van der Waals surface area contributed by atoms with Crippen molar-refractivity contribution in [3.8, 4) is 0 Å². The van der Waals surface area contributed by atoms with Gasteiger partial charge in [0, 0.05) is 37.5 Å². The van der Waals surface area contributed by atoms with Gasteiger partial charge in [-0.15, -0.1) is 0 Å². The summed E-state index contributed by atoms with van der Waals surface area (Å²) in [5.74, 6) is -0.146. The van der Waals surface area contributed by atoms with Gasteiger partial charge in [-0.2, -0.15) is 0 Å². The number of hydrogen-bond donors (Lipinski definition) is 0. The molecule has 3 heterocycles. The minimum absolute atomic E-state index is 0.0755. The van der Waals surface area contributed by atoms with Gasteiger partial charge in [0.25, 0.3) is 5.91 Å². The van der Waals surface area contributed by atoms with Crippen LogP contribution in [-0.4, -0.2) is 64.6 Å². The molecule has 0 saturated carbocycles. The van der Waals surface area contributed by atoms with E-state index >= 15 is 0 Å². The maximum absolute atomic E-state index is 12.8. The van der Waals surface area contributed by atoms with E-state index in [1.54, 1.807) is 0 Å². The Morgan fingerprint density at radius 1 is 0.962 bits per heavy atom. The molecule has 1 aromatic carbocycles. The first-order valence-electron chi connectivity index (χ1n) is 9.57. The molecule has 3 aliphatic heterocycles. The van der Waals surface area contributed by atoms with Crippen LogP contribution in [0.3, 0.4) is 0 Å². The summed E-state index contributed by atoms with van der Waals surface area (Å²) in [6.07, 6.45) is 4.22. The van der Waals surface area contributed by atoms with Crippen molar-refractivity contribution < 1.29 is 14.4 Å². The van der Waals surface area contributed by atoms with Gasteiger partial charge >= 0.3 is 0 Å². The Morgan fingerprint density at radius 2 is 1.62 bits per heavy atom. The summed E-state index contributed by atoms with van der Waals surface area (Å²) in [4.78, 5) is 42.0. The van der Waals surface area contributed by atoms with Crippen LogP contribution < -0.4 is 0 Å². The van der Waals surface area contributed by atoms with E-state index in [1.807, 2.05) is 29.2 Å². The van der Waals surface area contributed by atoms with Gasteiger partial charge in [0.1, 0.15) is 0 Å². The highest BCUT2D eigenvalue weighted by molar-refractivity contribution is 6.01. The lowest BCUT2D eigenvalue weighted by atomic mass is 10.1. The van der Waals surface area contributed by atoms with Crippen molar-refractivity contribution in [1.82, 2.24) is 14.7 Å². The fraction of sp³-hybridized carbons (Fsp3) is 0.550. The first-order valence-corrected chi connectivity index (χ1v) is 9.57. The zero-order valence-electron chi connectivity index (χ0n) is 15.0. The van der Waals surface area contributed by atoms with Gasteiger partial charge in [-0.1, -0.05) is 12.1 Å². The van der Waals surface area contributed by atoms with Gasteiger partial charge < -0.3 is 4.90 Å². The number of amides is 3. The zero-order chi connectivity index (χ0) is 18.1. The summed E-state index contributed by atoms with van der Waals surface area (Å²) in [5, 5.41) is 0. The fourth-order valence-corrected chi connectivity index (χ4v) is 4.25. The molecule has 0 bridgehead atoms. The van der Waals surface area contributed by atoms with E-state index in [-0.39, 0.29) is 17.7 Å². The second-order valence-electron chi connectivity index (χ2n) is 7.51. The number of carbonyl (C=O) groups is 3. The van der Waals surface area contributed by atoms with Crippen LogP contribution in [-0.2, 0) is 16.1 Å². The third kappa shape index (κ3) is 3.38. The second-order valence-corrected chi connectivity index (χ2v) is 7.51. The molecule has 0 spiro atoms. The predicted octanol–water partition coefficient (Wildman–Crippen LogP) is 1.65. The van der Waals surface area contributed by atoms with Gasteiger partial charge in [-0.05, 0) is 50.0 Å². The molecule has 26 heavy (non-hydrogen) atoms. The summed E-state index contributed by atoms with van der Waals surface area (Å²) in [5.41, 5.74) is 1.55. The van der Waals surface area contributed by atoms with Crippen molar-refractivity contribution in [1.29, 1.82) is 0 Å². The molecular formula is C20H25N3O3. The Labute approximate surface area is 153 Å². The maximum atomic E-state index is 12.8. The van der Waals surface area contributed by atoms with Crippen LogP contribution in [0.1, 0.15) is 48.0 Å². The van der Waals surface area contributed by atoms with Crippen molar-refractivity contribution in [3.05, 3.63) is 35.4 Å². The van der Waals surface area contributed by atoms with Gasteiger partial charge in [-0.25, -0.2) is 0 Å². The maximum Gasteiger partial charge on any atom is 0.253 e. The summed E-state index contributed by atoms with van der Waals surface area (Å²) < 4.78 is 0. The Balaban J connectivity index is 1.36. The van der Waals surface area contributed by atoms with Gasteiger partial charge in [0.05, 0.1) is 6.54 Å². The Morgan fingerprint density at radius 3 is 2.27 bits per heavy atom. The van der Waals surface area contributed by atoms with E-state index in [9.17, 15) is 14.4 Å².